The van der Waals surface area contributed by atoms with E-state index in [1.807, 2.05) is 18.7 Å². The highest BCUT2D eigenvalue weighted by Crippen LogP contribution is 2.22. The molecule has 0 spiro atoms. The van der Waals surface area contributed by atoms with Crippen molar-refractivity contribution in [2.45, 2.75) is 46.1 Å². The summed E-state index contributed by atoms with van der Waals surface area (Å²) in [6.45, 7) is 6.32. The van der Waals surface area contributed by atoms with Crippen molar-refractivity contribution in [2.75, 3.05) is 0 Å². The number of hydrogen-bond donors (Lipinski definition) is 1. The first kappa shape index (κ1) is 13.7. The van der Waals surface area contributed by atoms with Crippen molar-refractivity contribution >= 4 is 15.9 Å². The average molecular weight is 289 g/mol. The largest absolute Gasteiger partial charge is 0.393 e. The van der Waals surface area contributed by atoms with Crippen LogP contribution in [-0.2, 0) is 13.5 Å². The highest BCUT2D eigenvalue weighted by Gasteiger charge is 2.15. The third-order valence-corrected chi connectivity index (χ3v) is 3.80. The number of aliphatic hydroxyl groups excluding tert-OH is 1. The minimum atomic E-state index is -0.270. The molecule has 0 bridgehead atoms. The molecule has 4 heteroatoms. The van der Waals surface area contributed by atoms with Gasteiger partial charge in [-0.25, -0.2) is 0 Å². The van der Waals surface area contributed by atoms with E-state index in [1.165, 1.54) is 0 Å². The Kier molecular flexibility index (Phi) is 4.99. The van der Waals surface area contributed by atoms with Crippen LogP contribution in [-0.4, -0.2) is 21.0 Å². The first-order chi connectivity index (χ1) is 7.41. The van der Waals surface area contributed by atoms with Crippen molar-refractivity contribution in [1.29, 1.82) is 0 Å². The summed E-state index contributed by atoms with van der Waals surface area (Å²) in [6, 6.07) is 0. The number of rotatable bonds is 5. The summed E-state index contributed by atoms with van der Waals surface area (Å²) in [5.41, 5.74) is 2.06. The molecule has 92 valence electrons. The predicted octanol–water partition coefficient (Wildman–Crippen LogP) is 2.83. The Morgan fingerprint density at radius 1 is 1.38 bits per heavy atom. The Labute approximate surface area is 106 Å². The molecule has 0 radical (unpaired) electrons. The molecule has 0 aliphatic heterocycles. The van der Waals surface area contributed by atoms with Crippen LogP contribution in [0.3, 0.4) is 0 Å². The third kappa shape index (κ3) is 3.59. The smallest absolute Gasteiger partial charge is 0.0738 e. The SMILES string of the molecule is Cc1nn(C)c(CC(O)CCC(C)C)c1Br. The van der Waals surface area contributed by atoms with Gasteiger partial charge in [0.1, 0.15) is 0 Å². The molecule has 1 atom stereocenters. The van der Waals surface area contributed by atoms with E-state index in [4.69, 9.17) is 0 Å². The van der Waals surface area contributed by atoms with Crippen molar-refractivity contribution in [3.05, 3.63) is 15.9 Å². The second kappa shape index (κ2) is 5.82. The number of halogens is 1. The van der Waals surface area contributed by atoms with E-state index in [0.717, 1.165) is 28.7 Å². The monoisotopic (exact) mass is 288 g/mol. The van der Waals surface area contributed by atoms with E-state index in [2.05, 4.69) is 34.9 Å². The van der Waals surface area contributed by atoms with Gasteiger partial charge in [-0.15, -0.1) is 0 Å². The van der Waals surface area contributed by atoms with Crippen LogP contribution in [0.4, 0.5) is 0 Å². The molecule has 0 aromatic carbocycles. The summed E-state index contributed by atoms with van der Waals surface area (Å²) in [5, 5.41) is 14.3. The Morgan fingerprint density at radius 3 is 2.44 bits per heavy atom. The molecular formula is C12H21BrN2O. The molecule has 0 aliphatic carbocycles. The topological polar surface area (TPSA) is 38.0 Å². The Balaban J connectivity index is 2.59. The molecule has 0 saturated heterocycles. The maximum atomic E-state index is 9.95. The van der Waals surface area contributed by atoms with Crippen molar-refractivity contribution in [2.24, 2.45) is 13.0 Å². The van der Waals surface area contributed by atoms with Gasteiger partial charge in [-0.1, -0.05) is 13.8 Å². The molecule has 1 N–H and O–H groups in total. The van der Waals surface area contributed by atoms with E-state index < -0.39 is 0 Å². The molecule has 1 aromatic rings. The summed E-state index contributed by atoms with van der Waals surface area (Å²) in [4.78, 5) is 0. The van der Waals surface area contributed by atoms with Gasteiger partial charge in [0.2, 0.25) is 0 Å². The number of nitrogens with zero attached hydrogens (tertiary/aromatic N) is 2. The minimum absolute atomic E-state index is 0.270. The second-order valence-corrected chi connectivity index (χ2v) is 5.59. The average Bonchev–Trinajstić information content (AvgIpc) is 2.42. The van der Waals surface area contributed by atoms with E-state index in [-0.39, 0.29) is 6.10 Å². The van der Waals surface area contributed by atoms with Gasteiger partial charge in [0.15, 0.2) is 0 Å². The molecule has 1 heterocycles. The van der Waals surface area contributed by atoms with Crippen LogP contribution < -0.4 is 0 Å². The van der Waals surface area contributed by atoms with Crippen LogP contribution in [0.25, 0.3) is 0 Å². The fourth-order valence-corrected chi connectivity index (χ4v) is 2.25. The zero-order chi connectivity index (χ0) is 12.3. The third-order valence-electron chi connectivity index (χ3n) is 2.77. The van der Waals surface area contributed by atoms with Gasteiger partial charge in [-0.3, -0.25) is 4.68 Å². The molecule has 1 aromatic heterocycles. The fourth-order valence-electron chi connectivity index (χ4n) is 1.75. The summed E-state index contributed by atoms with van der Waals surface area (Å²) in [6.07, 6.45) is 2.32. The highest BCUT2D eigenvalue weighted by molar-refractivity contribution is 9.10. The maximum absolute atomic E-state index is 9.95. The molecule has 0 amide bonds. The second-order valence-electron chi connectivity index (χ2n) is 4.80. The zero-order valence-corrected chi connectivity index (χ0v) is 12.1. The van der Waals surface area contributed by atoms with Gasteiger partial charge < -0.3 is 5.11 Å². The lowest BCUT2D eigenvalue weighted by Gasteiger charge is -2.12. The van der Waals surface area contributed by atoms with Gasteiger partial charge in [0.05, 0.1) is 22.0 Å². The van der Waals surface area contributed by atoms with Crippen LogP contribution in [0.2, 0.25) is 0 Å². The maximum Gasteiger partial charge on any atom is 0.0738 e. The molecular weight excluding hydrogens is 268 g/mol. The van der Waals surface area contributed by atoms with E-state index >= 15 is 0 Å². The lowest BCUT2D eigenvalue weighted by molar-refractivity contribution is 0.154. The normalized spacial score (nSPS) is 13.4. The highest BCUT2D eigenvalue weighted by atomic mass is 79.9. The fraction of sp³-hybridized carbons (Fsp3) is 0.750. The minimum Gasteiger partial charge on any atom is -0.393 e. The molecule has 0 aliphatic rings. The van der Waals surface area contributed by atoms with Crippen LogP contribution in [0.1, 0.15) is 38.1 Å². The quantitative estimate of drug-likeness (QED) is 0.905. The number of hydrogen-bond acceptors (Lipinski definition) is 2. The Hall–Kier alpha value is -0.350. The first-order valence-electron chi connectivity index (χ1n) is 5.77. The summed E-state index contributed by atoms with van der Waals surface area (Å²) in [7, 11) is 1.92. The standard InChI is InChI=1S/C12H21BrN2O/c1-8(2)5-6-10(16)7-11-12(13)9(3)14-15(11)4/h8,10,16H,5-7H2,1-4H3. The van der Waals surface area contributed by atoms with Gasteiger partial charge in [0, 0.05) is 13.5 Å². The van der Waals surface area contributed by atoms with Crippen LogP contribution in [0.5, 0.6) is 0 Å². The summed E-state index contributed by atoms with van der Waals surface area (Å²) in [5.74, 6) is 0.645. The van der Waals surface area contributed by atoms with Crippen molar-refractivity contribution in [1.82, 2.24) is 9.78 Å². The van der Waals surface area contributed by atoms with Gasteiger partial charge in [-0.05, 0) is 41.6 Å². The first-order valence-corrected chi connectivity index (χ1v) is 6.57. The molecule has 0 saturated carbocycles. The molecule has 3 nitrogen and oxygen atoms in total. The Bertz CT molecular complexity index is 347. The van der Waals surface area contributed by atoms with E-state index in [9.17, 15) is 5.11 Å². The van der Waals surface area contributed by atoms with Crippen LogP contribution in [0.15, 0.2) is 4.47 Å². The Morgan fingerprint density at radius 2 is 2.00 bits per heavy atom. The molecule has 1 unspecified atom stereocenters. The lowest BCUT2D eigenvalue weighted by atomic mass is 10.0. The van der Waals surface area contributed by atoms with E-state index in [0.29, 0.717) is 12.3 Å². The molecule has 0 fully saturated rings. The van der Waals surface area contributed by atoms with Crippen LogP contribution in [0, 0.1) is 12.8 Å². The summed E-state index contributed by atoms with van der Waals surface area (Å²) >= 11 is 3.52. The van der Waals surface area contributed by atoms with E-state index in [1.54, 1.807) is 0 Å². The predicted molar refractivity (Wildman–Crippen MR) is 69.4 cm³/mol. The lowest BCUT2D eigenvalue weighted by Crippen LogP contribution is -2.14. The van der Waals surface area contributed by atoms with Gasteiger partial charge >= 0.3 is 0 Å². The van der Waals surface area contributed by atoms with Crippen molar-refractivity contribution < 1.29 is 5.11 Å². The summed E-state index contributed by atoms with van der Waals surface area (Å²) < 4.78 is 2.87. The van der Waals surface area contributed by atoms with Crippen molar-refractivity contribution in [3.8, 4) is 0 Å². The molecule has 16 heavy (non-hydrogen) atoms. The molecule has 1 rings (SSSR count). The van der Waals surface area contributed by atoms with Crippen LogP contribution >= 0.6 is 15.9 Å². The number of aromatic nitrogens is 2. The van der Waals surface area contributed by atoms with Crippen molar-refractivity contribution in [3.63, 3.8) is 0 Å². The van der Waals surface area contributed by atoms with Gasteiger partial charge in [0.25, 0.3) is 0 Å². The zero-order valence-electron chi connectivity index (χ0n) is 10.5. The number of aryl methyl sites for hydroxylation is 2. The van der Waals surface area contributed by atoms with Gasteiger partial charge in [-0.2, -0.15) is 5.10 Å². The number of aliphatic hydroxyl groups is 1.